The van der Waals surface area contributed by atoms with Crippen LogP contribution in [0.25, 0.3) is 0 Å². The van der Waals surface area contributed by atoms with Crippen molar-refractivity contribution in [2.75, 3.05) is 20.1 Å². The van der Waals surface area contributed by atoms with Gasteiger partial charge in [0.25, 0.3) is 0 Å². The van der Waals surface area contributed by atoms with Crippen molar-refractivity contribution in [1.29, 1.82) is 0 Å². The van der Waals surface area contributed by atoms with Crippen molar-refractivity contribution in [3.05, 3.63) is 10.8 Å². The van der Waals surface area contributed by atoms with Gasteiger partial charge < -0.3 is 10.2 Å². The van der Waals surface area contributed by atoms with Crippen LogP contribution in [0, 0.1) is 0 Å². The highest BCUT2D eigenvalue weighted by Crippen LogP contribution is 2.23. The molecule has 0 spiro atoms. The van der Waals surface area contributed by atoms with Crippen molar-refractivity contribution in [2.45, 2.75) is 44.8 Å². The first-order chi connectivity index (χ1) is 9.54. The number of urea groups is 1. The fourth-order valence-electron chi connectivity index (χ4n) is 2.93. The molecule has 3 heterocycles. The summed E-state index contributed by atoms with van der Waals surface area (Å²) in [7, 11) is 1.88. The molecule has 0 aliphatic carbocycles. The van der Waals surface area contributed by atoms with E-state index in [1.165, 1.54) is 11.5 Å². The smallest absolute Gasteiger partial charge is 0.317 e. The molecule has 2 fully saturated rings. The van der Waals surface area contributed by atoms with Gasteiger partial charge in [0.1, 0.15) is 10.8 Å². The molecular weight excluding hydrogens is 274 g/mol. The topological polar surface area (TPSA) is 61.4 Å². The second-order valence-electron chi connectivity index (χ2n) is 5.96. The molecule has 0 radical (unpaired) electrons. The zero-order chi connectivity index (χ0) is 14.3. The van der Waals surface area contributed by atoms with Gasteiger partial charge in [0.05, 0.1) is 18.6 Å². The van der Waals surface area contributed by atoms with E-state index in [1.54, 1.807) is 0 Å². The lowest BCUT2D eigenvalue weighted by atomic mass is 10.0. The number of hydrogen-bond donors (Lipinski definition) is 1. The average molecular weight is 295 g/mol. The predicted molar refractivity (Wildman–Crippen MR) is 77.8 cm³/mol. The highest BCUT2D eigenvalue weighted by Gasteiger charge is 2.40. The third-order valence-electron chi connectivity index (χ3n) is 4.15. The number of fused-ring (bicyclic) bond motifs is 1. The standard InChI is InChI=1S/C13H21N5OS/c1-8(2)12-15-11(20-16-12)7-18-5-4-10-9(6-18)14-13(19)17(10)3/h8-10H,4-7H2,1-3H3,(H,14,19)/t9-,10+/m1/s1. The van der Waals surface area contributed by atoms with Crippen LogP contribution in [0.3, 0.4) is 0 Å². The zero-order valence-electron chi connectivity index (χ0n) is 12.2. The van der Waals surface area contributed by atoms with Gasteiger partial charge in [-0.05, 0) is 18.0 Å². The quantitative estimate of drug-likeness (QED) is 0.912. The second-order valence-corrected chi connectivity index (χ2v) is 6.80. The Morgan fingerprint density at radius 1 is 1.50 bits per heavy atom. The number of likely N-dealkylation sites (N-methyl/N-ethyl adjacent to an activating group) is 1. The summed E-state index contributed by atoms with van der Waals surface area (Å²) in [5, 5.41) is 4.13. The first-order valence-corrected chi connectivity index (χ1v) is 7.90. The van der Waals surface area contributed by atoms with E-state index < -0.39 is 0 Å². The van der Waals surface area contributed by atoms with Crippen LogP contribution in [-0.4, -0.2) is 57.4 Å². The summed E-state index contributed by atoms with van der Waals surface area (Å²) < 4.78 is 4.40. The number of piperidine rings is 1. The number of hydrogen-bond acceptors (Lipinski definition) is 5. The number of rotatable bonds is 3. The Bertz CT molecular complexity index is 503. The number of nitrogens with zero attached hydrogens (tertiary/aromatic N) is 4. The fraction of sp³-hybridized carbons (Fsp3) is 0.769. The van der Waals surface area contributed by atoms with Crippen LogP contribution in [0.4, 0.5) is 4.79 Å². The van der Waals surface area contributed by atoms with E-state index in [0.29, 0.717) is 12.0 Å². The van der Waals surface area contributed by atoms with E-state index in [1.807, 2.05) is 11.9 Å². The van der Waals surface area contributed by atoms with E-state index in [0.717, 1.165) is 36.9 Å². The highest BCUT2D eigenvalue weighted by molar-refractivity contribution is 7.05. The summed E-state index contributed by atoms with van der Waals surface area (Å²) >= 11 is 1.50. The van der Waals surface area contributed by atoms with Gasteiger partial charge in [0.15, 0.2) is 0 Å². The number of carbonyl (C=O) groups is 1. The van der Waals surface area contributed by atoms with Crippen LogP contribution in [0.1, 0.15) is 37.0 Å². The maximum atomic E-state index is 11.7. The van der Waals surface area contributed by atoms with E-state index in [9.17, 15) is 4.79 Å². The maximum absolute atomic E-state index is 11.7. The summed E-state index contributed by atoms with van der Waals surface area (Å²) in [5.74, 6) is 1.32. The molecule has 1 aromatic heterocycles. The second kappa shape index (κ2) is 5.29. The molecule has 110 valence electrons. The van der Waals surface area contributed by atoms with Gasteiger partial charge in [0.2, 0.25) is 0 Å². The molecule has 2 saturated heterocycles. The first-order valence-electron chi connectivity index (χ1n) is 7.12. The summed E-state index contributed by atoms with van der Waals surface area (Å²) in [5.41, 5.74) is 0. The van der Waals surface area contributed by atoms with Crippen molar-refractivity contribution in [2.24, 2.45) is 0 Å². The lowest BCUT2D eigenvalue weighted by Gasteiger charge is -2.35. The Labute approximate surface area is 123 Å². The van der Waals surface area contributed by atoms with Crippen LogP contribution in [0.2, 0.25) is 0 Å². The molecule has 1 aromatic rings. The lowest BCUT2D eigenvalue weighted by molar-refractivity contribution is 0.147. The van der Waals surface area contributed by atoms with Crippen LogP contribution in [0.15, 0.2) is 0 Å². The van der Waals surface area contributed by atoms with E-state index in [4.69, 9.17) is 0 Å². The number of carbonyl (C=O) groups excluding carboxylic acids is 1. The van der Waals surface area contributed by atoms with E-state index >= 15 is 0 Å². The van der Waals surface area contributed by atoms with Gasteiger partial charge in [0, 0.05) is 26.1 Å². The fourth-order valence-corrected chi connectivity index (χ4v) is 3.75. The first kappa shape index (κ1) is 13.8. The number of likely N-dealkylation sites (tertiary alicyclic amines) is 1. The Kier molecular flexibility index (Phi) is 3.64. The molecule has 6 nitrogen and oxygen atoms in total. The molecular formula is C13H21N5OS. The summed E-state index contributed by atoms with van der Waals surface area (Å²) in [6, 6.07) is 0.651. The molecule has 0 saturated carbocycles. The molecule has 20 heavy (non-hydrogen) atoms. The molecule has 2 amide bonds. The predicted octanol–water partition coefficient (Wildman–Crippen LogP) is 1.26. The molecule has 0 unspecified atom stereocenters. The van der Waals surface area contributed by atoms with Crippen LogP contribution >= 0.6 is 11.5 Å². The van der Waals surface area contributed by atoms with E-state index in [-0.39, 0.29) is 12.1 Å². The normalized spacial score (nSPS) is 27.0. The Morgan fingerprint density at radius 3 is 3.00 bits per heavy atom. The Morgan fingerprint density at radius 2 is 2.30 bits per heavy atom. The van der Waals surface area contributed by atoms with Gasteiger partial charge in [-0.2, -0.15) is 4.37 Å². The summed E-state index contributed by atoms with van der Waals surface area (Å²) in [6.45, 7) is 6.98. The third kappa shape index (κ3) is 2.52. The van der Waals surface area contributed by atoms with Crippen molar-refractivity contribution in [3.8, 4) is 0 Å². The minimum Gasteiger partial charge on any atom is -0.332 e. The zero-order valence-corrected chi connectivity index (χ0v) is 13.0. The molecule has 2 aliphatic rings. The SMILES string of the molecule is CC(C)c1nsc(CN2CC[C@H]3[C@@H](C2)NC(=O)N3C)n1. The molecule has 0 bridgehead atoms. The average Bonchev–Trinajstić information content (AvgIpc) is 2.96. The summed E-state index contributed by atoms with van der Waals surface area (Å²) in [4.78, 5) is 20.5. The minimum atomic E-state index is 0.0554. The number of amides is 2. The van der Waals surface area contributed by atoms with E-state index in [2.05, 4.69) is 33.4 Å². The molecule has 3 rings (SSSR count). The maximum Gasteiger partial charge on any atom is 0.317 e. The summed E-state index contributed by atoms with van der Waals surface area (Å²) in [6.07, 6.45) is 1.02. The Hall–Kier alpha value is -1.21. The molecule has 1 N–H and O–H groups in total. The third-order valence-corrected chi connectivity index (χ3v) is 4.86. The number of nitrogens with one attached hydrogen (secondary N) is 1. The van der Waals surface area contributed by atoms with Crippen molar-refractivity contribution in [1.82, 2.24) is 24.5 Å². The van der Waals surface area contributed by atoms with Gasteiger partial charge in [-0.3, -0.25) is 4.90 Å². The minimum absolute atomic E-state index is 0.0554. The molecule has 2 aliphatic heterocycles. The largest absolute Gasteiger partial charge is 0.332 e. The van der Waals surface area contributed by atoms with Crippen molar-refractivity contribution >= 4 is 17.6 Å². The monoisotopic (exact) mass is 295 g/mol. The van der Waals surface area contributed by atoms with Crippen LogP contribution in [-0.2, 0) is 6.54 Å². The van der Waals surface area contributed by atoms with Gasteiger partial charge in [-0.1, -0.05) is 13.8 Å². The number of aromatic nitrogens is 2. The van der Waals surface area contributed by atoms with Crippen molar-refractivity contribution < 1.29 is 4.79 Å². The lowest BCUT2D eigenvalue weighted by Crippen LogP contribution is -2.50. The van der Waals surface area contributed by atoms with Gasteiger partial charge in [-0.15, -0.1) is 0 Å². The van der Waals surface area contributed by atoms with Crippen LogP contribution < -0.4 is 5.32 Å². The van der Waals surface area contributed by atoms with Crippen molar-refractivity contribution in [3.63, 3.8) is 0 Å². The molecule has 2 atom stereocenters. The Balaban J connectivity index is 1.61. The molecule has 7 heteroatoms. The molecule has 0 aromatic carbocycles. The highest BCUT2D eigenvalue weighted by atomic mass is 32.1. The van der Waals surface area contributed by atoms with Gasteiger partial charge >= 0.3 is 6.03 Å². The van der Waals surface area contributed by atoms with Crippen LogP contribution in [0.5, 0.6) is 0 Å². The van der Waals surface area contributed by atoms with Gasteiger partial charge in [-0.25, -0.2) is 9.78 Å².